The van der Waals surface area contributed by atoms with Gasteiger partial charge in [-0.25, -0.2) is 18.6 Å². The lowest BCUT2D eigenvalue weighted by molar-refractivity contribution is 0.00415. The van der Waals surface area contributed by atoms with E-state index in [0.717, 1.165) is 17.8 Å². The number of carbonyl (C=O) groups is 1. The molecule has 3 rings (SSSR count). The van der Waals surface area contributed by atoms with Gasteiger partial charge >= 0.3 is 6.09 Å². The molecule has 32 heavy (non-hydrogen) atoms. The topological polar surface area (TPSA) is 119 Å². The van der Waals surface area contributed by atoms with Crippen LogP contribution in [-0.4, -0.2) is 61.1 Å². The number of nitrogens with zero attached hydrogens (tertiary/aromatic N) is 4. The van der Waals surface area contributed by atoms with Crippen molar-refractivity contribution in [2.45, 2.75) is 51.7 Å². The van der Waals surface area contributed by atoms with E-state index in [1.54, 1.807) is 9.80 Å². The standard InChI is InChI=1S/C21H30F2N6O3/c1-13(2)31-21(30)29-9-5-15(6-10-29)32-27-14-3-7-28(8-4-14)19-12-16(22)18(11-17(19)23)26-20(24)25/h11-13,15H,3-10H2,1-2H3,(H4,24,25,26). The second-order valence-electron chi connectivity index (χ2n) is 8.16. The van der Waals surface area contributed by atoms with E-state index in [1.807, 2.05) is 13.8 Å². The van der Waals surface area contributed by atoms with Gasteiger partial charge in [-0.05, 0) is 13.8 Å². The molecule has 0 aromatic heterocycles. The molecular weight excluding hydrogens is 422 g/mol. The van der Waals surface area contributed by atoms with Gasteiger partial charge in [0.25, 0.3) is 0 Å². The zero-order chi connectivity index (χ0) is 23.3. The zero-order valence-electron chi connectivity index (χ0n) is 18.4. The summed E-state index contributed by atoms with van der Waals surface area (Å²) in [7, 11) is 0. The molecule has 1 amide bonds. The summed E-state index contributed by atoms with van der Waals surface area (Å²) in [5.74, 6) is -1.62. The number of hydrogen-bond donors (Lipinski definition) is 2. The van der Waals surface area contributed by atoms with Crippen LogP contribution >= 0.6 is 0 Å². The highest BCUT2D eigenvalue weighted by Gasteiger charge is 2.26. The summed E-state index contributed by atoms with van der Waals surface area (Å²) < 4.78 is 33.9. The van der Waals surface area contributed by atoms with Crippen molar-refractivity contribution in [3.05, 3.63) is 23.8 Å². The Bertz CT molecular complexity index is 871. The number of oxime groups is 1. The number of anilines is 1. The molecule has 2 fully saturated rings. The van der Waals surface area contributed by atoms with Gasteiger partial charge in [0.1, 0.15) is 17.6 Å². The lowest BCUT2D eigenvalue weighted by atomic mass is 10.1. The quantitative estimate of drug-likeness (QED) is 0.403. The fourth-order valence-corrected chi connectivity index (χ4v) is 3.66. The first kappa shape index (κ1) is 23.6. The number of halogens is 2. The van der Waals surface area contributed by atoms with Crippen molar-refractivity contribution >= 4 is 29.1 Å². The molecule has 0 saturated carbocycles. The highest BCUT2D eigenvalue weighted by molar-refractivity contribution is 5.86. The number of piperidine rings is 2. The lowest BCUT2D eigenvalue weighted by Crippen LogP contribution is -2.41. The van der Waals surface area contributed by atoms with Crippen LogP contribution in [0.3, 0.4) is 0 Å². The average molecular weight is 453 g/mol. The van der Waals surface area contributed by atoms with Crippen LogP contribution in [0, 0.1) is 11.6 Å². The number of aliphatic imine (C=N–C) groups is 1. The van der Waals surface area contributed by atoms with Crippen molar-refractivity contribution in [2.75, 3.05) is 31.1 Å². The van der Waals surface area contributed by atoms with Crippen LogP contribution < -0.4 is 16.4 Å². The van der Waals surface area contributed by atoms with E-state index in [1.165, 1.54) is 0 Å². The molecule has 0 spiro atoms. The van der Waals surface area contributed by atoms with Crippen LogP contribution in [0.15, 0.2) is 22.3 Å². The molecule has 2 aliphatic heterocycles. The fraction of sp³-hybridized carbons (Fsp3) is 0.571. The monoisotopic (exact) mass is 452 g/mol. The number of guanidine groups is 1. The Morgan fingerprint density at radius 2 is 1.75 bits per heavy atom. The minimum Gasteiger partial charge on any atom is -0.447 e. The molecule has 0 atom stereocenters. The maximum absolute atomic E-state index is 14.5. The average Bonchev–Trinajstić information content (AvgIpc) is 2.74. The van der Waals surface area contributed by atoms with E-state index in [2.05, 4.69) is 10.1 Å². The van der Waals surface area contributed by atoms with Crippen molar-refractivity contribution in [1.82, 2.24) is 4.90 Å². The minimum atomic E-state index is -0.693. The molecule has 2 heterocycles. The molecule has 1 aromatic carbocycles. The first-order chi connectivity index (χ1) is 15.2. The largest absolute Gasteiger partial charge is 0.447 e. The number of carbonyl (C=O) groups excluding carboxylic acids is 1. The Morgan fingerprint density at radius 1 is 1.09 bits per heavy atom. The van der Waals surface area contributed by atoms with Crippen LogP contribution in [-0.2, 0) is 9.57 Å². The third-order valence-corrected chi connectivity index (χ3v) is 5.31. The van der Waals surface area contributed by atoms with Crippen molar-refractivity contribution in [3.8, 4) is 0 Å². The van der Waals surface area contributed by atoms with Gasteiger partial charge in [0, 0.05) is 64.0 Å². The van der Waals surface area contributed by atoms with Crippen LogP contribution in [0.2, 0.25) is 0 Å². The first-order valence-electron chi connectivity index (χ1n) is 10.7. The summed E-state index contributed by atoms with van der Waals surface area (Å²) in [4.78, 5) is 24.7. The van der Waals surface area contributed by atoms with E-state index in [4.69, 9.17) is 21.0 Å². The normalized spacial score (nSPS) is 17.3. The molecule has 176 valence electrons. The zero-order valence-corrected chi connectivity index (χ0v) is 18.4. The molecule has 9 nitrogen and oxygen atoms in total. The number of likely N-dealkylation sites (tertiary alicyclic amines) is 1. The SMILES string of the molecule is CC(C)OC(=O)N1CCC(ON=C2CCN(c3cc(F)c(N=C(N)N)cc3F)CC2)CC1. The van der Waals surface area contributed by atoms with E-state index >= 15 is 0 Å². The van der Waals surface area contributed by atoms with Crippen molar-refractivity contribution in [1.29, 1.82) is 0 Å². The number of nitrogens with two attached hydrogens (primary N) is 2. The molecule has 11 heteroatoms. The minimum absolute atomic E-state index is 0.0572. The molecule has 0 unspecified atom stereocenters. The highest BCUT2D eigenvalue weighted by atomic mass is 19.1. The van der Waals surface area contributed by atoms with E-state index < -0.39 is 11.6 Å². The third kappa shape index (κ3) is 6.21. The summed E-state index contributed by atoms with van der Waals surface area (Å²) >= 11 is 0. The van der Waals surface area contributed by atoms with Gasteiger partial charge in [-0.3, -0.25) is 0 Å². The number of benzene rings is 1. The maximum Gasteiger partial charge on any atom is 0.410 e. The van der Waals surface area contributed by atoms with Crippen LogP contribution in [0.4, 0.5) is 25.0 Å². The van der Waals surface area contributed by atoms with Crippen molar-refractivity contribution in [3.63, 3.8) is 0 Å². The van der Waals surface area contributed by atoms with Crippen molar-refractivity contribution < 1.29 is 23.1 Å². The Balaban J connectivity index is 1.49. The number of amides is 1. The Morgan fingerprint density at radius 3 is 2.34 bits per heavy atom. The summed E-state index contributed by atoms with van der Waals surface area (Å²) in [6.07, 6.45) is 2.03. The van der Waals surface area contributed by atoms with Crippen LogP contribution in [0.1, 0.15) is 39.5 Å². The Labute approximate surface area is 186 Å². The highest BCUT2D eigenvalue weighted by Crippen LogP contribution is 2.29. The predicted molar refractivity (Wildman–Crippen MR) is 118 cm³/mol. The van der Waals surface area contributed by atoms with Crippen molar-refractivity contribution in [2.24, 2.45) is 21.6 Å². The molecular formula is C21H30F2N6O3. The number of ether oxygens (including phenoxy) is 1. The van der Waals surface area contributed by atoms with Gasteiger partial charge in [0.15, 0.2) is 11.8 Å². The molecule has 0 bridgehead atoms. The first-order valence-corrected chi connectivity index (χ1v) is 10.7. The third-order valence-electron chi connectivity index (χ3n) is 5.31. The van der Waals surface area contributed by atoms with Gasteiger partial charge in [-0.2, -0.15) is 0 Å². The van der Waals surface area contributed by atoms with Crippen LogP contribution in [0.5, 0.6) is 0 Å². The maximum atomic E-state index is 14.5. The van der Waals surface area contributed by atoms with E-state index in [0.29, 0.717) is 51.9 Å². The summed E-state index contributed by atoms with van der Waals surface area (Å²) in [6, 6.07) is 2.09. The molecule has 2 saturated heterocycles. The van der Waals surface area contributed by atoms with Gasteiger partial charge in [-0.15, -0.1) is 0 Å². The summed E-state index contributed by atoms with van der Waals surface area (Å²) in [6.45, 7) is 5.74. The summed E-state index contributed by atoms with van der Waals surface area (Å²) in [5.41, 5.74) is 11.3. The second-order valence-corrected chi connectivity index (χ2v) is 8.16. The molecule has 1 aromatic rings. The second kappa shape index (κ2) is 10.5. The molecule has 0 aliphatic carbocycles. The Kier molecular flexibility index (Phi) is 7.70. The summed E-state index contributed by atoms with van der Waals surface area (Å²) in [5, 5.41) is 4.28. The fourth-order valence-electron chi connectivity index (χ4n) is 3.66. The van der Waals surface area contributed by atoms with Gasteiger partial charge in [-0.1, -0.05) is 5.16 Å². The van der Waals surface area contributed by atoms with Gasteiger partial charge in [0.05, 0.1) is 17.5 Å². The number of hydrogen-bond acceptors (Lipinski definition) is 6. The predicted octanol–water partition coefficient (Wildman–Crippen LogP) is 2.85. The Hall–Kier alpha value is -3.11. The smallest absolute Gasteiger partial charge is 0.410 e. The molecule has 2 aliphatic rings. The molecule has 0 radical (unpaired) electrons. The molecule has 4 N–H and O–H groups in total. The van der Waals surface area contributed by atoms with Crippen LogP contribution in [0.25, 0.3) is 0 Å². The van der Waals surface area contributed by atoms with E-state index in [9.17, 15) is 13.6 Å². The van der Waals surface area contributed by atoms with Gasteiger partial charge < -0.3 is 30.8 Å². The lowest BCUT2D eigenvalue weighted by Gasteiger charge is -2.32. The van der Waals surface area contributed by atoms with Gasteiger partial charge in [0.2, 0.25) is 0 Å². The van der Waals surface area contributed by atoms with E-state index in [-0.39, 0.29) is 35.6 Å². The number of rotatable bonds is 5.